The quantitative estimate of drug-likeness (QED) is 0.733. The second-order valence-electron chi connectivity index (χ2n) is 3.49. The number of ether oxygens (including phenoxy) is 1. The normalized spacial score (nSPS) is 16.1. The molecule has 2 N–H and O–H groups in total. The third-order valence-corrected chi connectivity index (χ3v) is 2.46. The van der Waals surface area contributed by atoms with Gasteiger partial charge < -0.3 is 19.7 Å². The number of aromatic nitrogens is 1. The van der Waals surface area contributed by atoms with Gasteiger partial charge in [0.05, 0.1) is 13.2 Å². The summed E-state index contributed by atoms with van der Waals surface area (Å²) >= 11 is 0. The van der Waals surface area contributed by atoms with E-state index in [0.29, 0.717) is 32.1 Å². The van der Waals surface area contributed by atoms with Crippen molar-refractivity contribution in [2.45, 2.75) is 0 Å². The van der Waals surface area contributed by atoms with Crippen molar-refractivity contribution in [3.8, 4) is 0 Å². The lowest BCUT2D eigenvalue weighted by Crippen LogP contribution is -2.38. The maximum absolute atomic E-state index is 11.2. The fourth-order valence-corrected chi connectivity index (χ4v) is 1.67. The van der Waals surface area contributed by atoms with Crippen LogP contribution in [0.25, 0.3) is 0 Å². The van der Waals surface area contributed by atoms with Crippen molar-refractivity contribution in [3.63, 3.8) is 0 Å². The summed E-state index contributed by atoms with van der Waals surface area (Å²) in [5, 5.41) is 9.01. The van der Waals surface area contributed by atoms with E-state index in [-0.39, 0.29) is 11.1 Å². The fourth-order valence-electron chi connectivity index (χ4n) is 1.67. The number of nitrogens with one attached hydrogen (secondary N) is 1. The minimum atomic E-state index is -1.04. The smallest absolute Gasteiger partial charge is 0.339 e. The summed E-state index contributed by atoms with van der Waals surface area (Å²) in [6.45, 7) is 2.24. The molecule has 0 saturated carbocycles. The van der Waals surface area contributed by atoms with Gasteiger partial charge in [-0.25, -0.2) is 4.79 Å². The number of carboxylic acids is 1. The molecule has 1 saturated heterocycles. The monoisotopic (exact) mass is 224 g/mol. The van der Waals surface area contributed by atoms with Crippen molar-refractivity contribution < 1.29 is 14.6 Å². The van der Waals surface area contributed by atoms with Crippen LogP contribution >= 0.6 is 0 Å². The molecule has 0 spiro atoms. The van der Waals surface area contributed by atoms with Gasteiger partial charge in [0.1, 0.15) is 11.4 Å². The van der Waals surface area contributed by atoms with E-state index in [1.165, 1.54) is 12.1 Å². The number of rotatable bonds is 2. The molecule has 0 unspecified atom stereocenters. The average Bonchev–Trinajstić information content (AvgIpc) is 2.29. The molecular weight excluding hydrogens is 212 g/mol. The molecule has 1 aliphatic heterocycles. The number of pyridine rings is 1. The largest absolute Gasteiger partial charge is 0.478 e. The Balaban J connectivity index is 2.40. The summed E-state index contributed by atoms with van der Waals surface area (Å²) in [4.78, 5) is 26.6. The molecule has 1 aliphatic rings. The third kappa shape index (κ3) is 2.06. The molecule has 1 aromatic rings. The molecule has 16 heavy (non-hydrogen) atoms. The van der Waals surface area contributed by atoms with Crippen molar-refractivity contribution in [1.82, 2.24) is 4.98 Å². The molecule has 2 rings (SSSR count). The number of hydrogen-bond acceptors (Lipinski definition) is 4. The molecule has 1 fully saturated rings. The van der Waals surface area contributed by atoms with Gasteiger partial charge in [-0.1, -0.05) is 0 Å². The Bertz CT molecular complexity index is 448. The first-order valence-electron chi connectivity index (χ1n) is 4.98. The van der Waals surface area contributed by atoms with Gasteiger partial charge in [0.2, 0.25) is 5.56 Å². The van der Waals surface area contributed by atoms with Gasteiger partial charge >= 0.3 is 5.97 Å². The van der Waals surface area contributed by atoms with Crippen molar-refractivity contribution in [1.29, 1.82) is 0 Å². The molecule has 1 aromatic heterocycles. The molecular formula is C10H12N2O4. The maximum atomic E-state index is 11.2. The van der Waals surface area contributed by atoms with E-state index in [2.05, 4.69) is 4.98 Å². The van der Waals surface area contributed by atoms with Gasteiger partial charge in [0.25, 0.3) is 0 Å². The second-order valence-corrected chi connectivity index (χ2v) is 3.49. The van der Waals surface area contributed by atoms with Crippen molar-refractivity contribution >= 4 is 11.8 Å². The highest BCUT2D eigenvalue weighted by Gasteiger charge is 2.18. The Morgan fingerprint density at radius 1 is 1.38 bits per heavy atom. The van der Waals surface area contributed by atoms with Crippen LogP contribution in [0.3, 0.4) is 0 Å². The number of carbonyl (C=O) groups is 1. The van der Waals surface area contributed by atoms with E-state index in [1.807, 2.05) is 4.90 Å². The van der Waals surface area contributed by atoms with Crippen molar-refractivity contribution in [3.05, 3.63) is 28.0 Å². The summed E-state index contributed by atoms with van der Waals surface area (Å²) in [6, 6.07) is 2.54. The minimum Gasteiger partial charge on any atom is -0.478 e. The molecule has 6 heteroatoms. The molecule has 0 radical (unpaired) electrons. The lowest BCUT2D eigenvalue weighted by molar-refractivity contribution is 0.0696. The number of morpholine rings is 1. The second kappa shape index (κ2) is 4.36. The first-order chi connectivity index (χ1) is 7.68. The van der Waals surface area contributed by atoms with Crippen LogP contribution in [0.5, 0.6) is 0 Å². The van der Waals surface area contributed by atoms with E-state index < -0.39 is 5.97 Å². The van der Waals surface area contributed by atoms with Gasteiger partial charge in [-0.15, -0.1) is 0 Å². The number of aromatic carboxylic acids is 1. The highest BCUT2D eigenvalue weighted by atomic mass is 16.5. The number of H-pyrrole nitrogens is 1. The van der Waals surface area contributed by atoms with Crippen LogP contribution in [0, 0.1) is 0 Å². The van der Waals surface area contributed by atoms with Crippen LogP contribution in [0.2, 0.25) is 0 Å². The predicted octanol–water partition coefficient (Wildman–Crippen LogP) is -0.0903. The van der Waals surface area contributed by atoms with Crippen LogP contribution in [0.1, 0.15) is 10.4 Å². The number of carboxylic acid groups (broad SMARTS) is 1. The zero-order chi connectivity index (χ0) is 11.5. The van der Waals surface area contributed by atoms with Gasteiger partial charge in [-0.05, 0) is 6.07 Å². The summed E-state index contributed by atoms with van der Waals surface area (Å²) in [6.07, 6.45) is 0. The highest BCUT2D eigenvalue weighted by molar-refractivity contribution is 5.93. The Labute approximate surface area is 91.5 Å². The lowest BCUT2D eigenvalue weighted by Gasteiger charge is -2.29. The van der Waals surface area contributed by atoms with Crippen LogP contribution in [0.4, 0.5) is 5.82 Å². The first-order valence-corrected chi connectivity index (χ1v) is 4.98. The van der Waals surface area contributed by atoms with Crippen LogP contribution in [0.15, 0.2) is 16.9 Å². The zero-order valence-corrected chi connectivity index (χ0v) is 8.60. The maximum Gasteiger partial charge on any atom is 0.339 e. The SMILES string of the molecule is O=C(O)c1ccc(=O)[nH]c1N1CCOCC1. The molecule has 2 heterocycles. The molecule has 86 valence electrons. The number of anilines is 1. The molecule has 0 bridgehead atoms. The molecule has 0 aromatic carbocycles. The Morgan fingerprint density at radius 2 is 2.06 bits per heavy atom. The summed E-state index contributed by atoms with van der Waals surface area (Å²) in [5.41, 5.74) is -0.187. The van der Waals surface area contributed by atoms with E-state index in [9.17, 15) is 9.59 Å². The van der Waals surface area contributed by atoms with E-state index in [1.54, 1.807) is 0 Å². The van der Waals surface area contributed by atoms with Crippen LogP contribution in [-0.2, 0) is 4.74 Å². The number of hydrogen-bond donors (Lipinski definition) is 2. The van der Waals surface area contributed by atoms with Crippen molar-refractivity contribution in [2.75, 3.05) is 31.2 Å². The van der Waals surface area contributed by atoms with E-state index in [0.717, 1.165) is 0 Å². The number of nitrogens with zero attached hydrogens (tertiary/aromatic N) is 1. The van der Waals surface area contributed by atoms with Gasteiger partial charge in [0.15, 0.2) is 0 Å². The van der Waals surface area contributed by atoms with Gasteiger partial charge in [-0.3, -0.25) is 4.79 Å². The topological polar surface area (TPSA) is 82.6 Å². The molecule has 0 aliphatic carbocycles. The van der Waals surface area contributed by atoms with Crippen LogP contribution < -0.4 is 10.5 Å². The predicted molar refractivity (Wildman–Crippen MR) is 57.1 cm³/mol. The Hall–Kier alpha value is -1.82. The minimum absolute atomic E-state index is 0.113. The molecule has 0 amide bonds. The summed E-state index contributed by atoms with van der Waals surface area (Å²) in [5.74, 6) is -0.680. The van der Waals surface area contributed by atoms with E-state index >= 15 is 0 Å². The highest BCUT2D eigenvalue weighted by Crippen LogP contribution is 2.16. The van der Waals surface area contributed by atoms with Gasteiger partial charge in [-0.2, -0.15) is 0 Å². The Kier molecular flexibility index (Phi) is 2.91. The fraction of sp³-hybridized carbons (Fsp3) is 0.400. The van der Waals surface area contributed by atoms with Crippen molar-refractivity contribution in [2.24, 2.45) is 0 Å². The first kappa shape index (κ1) is 10.7. The lowest BCUT2D eigenvalue weighted by atomic mass is 10.2. The average molecular weight is 224 g/mol. The van der Waals surface area contributed by atoms with Crippen LogP contribution in [-0.4, -0.2) is 42.4 Å². The standard InChI is InChI=1S/C10H12N2O4/c13-8-2-1-7(10(14)15)9(11-8)12-3-5-16-6-4-12/h1-2H,3-6H2,(H,11,13)(H,14,15). The summed E-state index contributed by atoms with van der Waals surface area (Å²) < 4.78 is 5.17. The zero-order valence-electron chi connectivity index (χ0n) is 8.60. The Morgan fingerprint density at radius 3 is 2.69 bits per heavy atom. The molecule has 6 nitrogen and oxygen atoms in total. The third-order valence-electron chi connectivity index (χ3n) is 2.46. The summed E-state index contributed by atoms with van der Waals surface area (Å²) in [7, 11) is 0. The molecule has 0 atom stereocenters. The van der Waals surface area contributed by atoms with Gasteiger partial charge in [0, 0.05) is 19.2 Å². The number of aromatic amines is 1. The van der Waals surface area contributed by atoms with E-state index in [4.69, 9.17) is 9.84 Å².